The van der Waals surface area contributed by atoms with Gasteiger partial charge in [0.1, 0.15) is 0 Å². The predicted molar refractivity (Wildman–Crippen MR) is 86.7 cm³/mol. The van der Waals surface area contributed by atoms with E-state index in [9.17, 15) is 13.2 Å². The Morgan fingerprint density at radius 1 is 1.32 bits per heavy atom. The van der Waals surface area contributed by atoms with Gasteiger partial charge in [-0.1, -0.05) is 30.7 Å². The average molecular weight is 324 g/mol. The van der Waals surface area contributed by atoms with Crippen LogP contribution in [0.1, 0.15) is 30.4 Å². The fourth-order valence-corrected chi connectivity index (χ4v) is 3.90. The van der Waals surface area contributed by atoms with E-state index in [-0.39, 0.29) is 23.5 Å². The van der Waals surface area contributed by atoms with Gasteiger partial charge in [0, 0.05) is 18.7 Å². The van der Waals surface area contributed by atoms with Gasteiger partial charge in [-0.05, 0) is 36.4 Å². The smallest absolute Gasteiger partial charge is 0.223 e. The number of nitrogens with two attached hydrogens (primary N) is 1. The fraction of sp³-hybridized carbons (Fsp3) is 0.562. The Hall–Kier alpha value is -1.40. The molecule has 1 aromatic carbocycles. The minimum Gasteiger partial charge on any atom is -0.352 e. The largest absolute Gasteiger partial charge is 0.352 e. The van der Waals surface area contributed by atoms with Crippen molar-refractivity contribution in [2.45, 2.75) is 31.6 Å². The van der Waals surface area contributed by atoms with Crippen LogP contribution in [-0.4, -0.2) is 27.1 Å². The maximum atomic E-state index is 12.2. The number of hydrogen-bond donors (Lipinski definition) is 2. The lowest BCUT2D eigenvalue weighted by atomic mass is 9.95. The summed E-state index contributed by atoms with van der Waals surface area (Å²) in [7, 11) is -3.05. The van der Waals surface area contributed by atoms with Crippen molar-refractivity contribution in [2.75, 3.05) is 12.8 Å². The van der Waals surface area contributed by atoms with E-state index in [0.717, 1.165) is 30.4 Å². The molecule has 5 nitrogen and oxygen atoms in total. The van der Waals surface area contributed by atoms with E-state index < -0.39 is 9.84 Å². The van der Waals surface area contributed by atoms with E-state index in [1.165, 1.54) is 6.26 Å². The van der Waals surface area contributed by atoms with Crippen molar-refractivity contribution in [3.63, 3.8) is 0 Å². The van der Waals surface area contributed by atoms with Crippen LogP contribution in [0.15, 0.2) is 24.3 Å². The van der Waals surface area contributed by atoms with Gasteiger partial charge in [0.05, 0.1) is 5.75 Å². The van der Waals surface area contributed by atoms with Crippen LogP contribution in [0.3, 0.4) is 0 Å². The first-order valence-corrected chi connectivity index (χ1v) is 9.68. The normalized spacial score (nSPS) is 21.7. The number of benzene rings is 1. The summed E-state index contributed by atoms with van der Waals surface area (Å²) in [6, 6.07) is 7.32. The van der Waals surface area contributed by atoms with E-state index in [1.54, 1.807) is 6.07 Å². The Bertz CT molecular complexity index is 628. The maximum absolute atomic E-state index is 12.2. The van der Waals surface area contributed by atoms with Crippen LogP contribution in [0.5, 0.6) is 0 Å². The molecular formula is C16H24N2O3S. The Balaban J connectivity index is 1.94. The Kier molecular flexibility index (Phi) is 5.58. The Morgan fingerprint density at radius 3 is 2.73 bits per heavy atom. The van der Waals surface area contributed by atoms with E-state index in [2.05, 4.69) is 5.32 Å². The highest BCUT2D eigenvalue weighted by atomic mass is 32.2. The van der Waals surface area contributed by atoms with Crippen molar-refractivity contribution in [1.82, 2.24) is 5.32 Å². The van der Waals surface area contributed by atoms with Gasteiger partial charge in [-0.25, -0.2) is 8.42 Å². The Morgan fingerprint density at radius 2 is 2.05 bits per heavy atom. The van der Waals surface area contributed by atoms with Crippen molar-refractivity contribution < 1.29 is 13.2 Å². The van der Waals surface area contributed by atoms with Gasteiger partial charge < -0.3 is 11.1 Å². The summed E-state index contributed by atoms with van der Waals surface area (Å²) in [5.41, 5.74) is 7.37. The summed E-state index contributed by atoms with van der Waals surface area (Å²) in [6.07, 6.45) is 4.21. The van der Waals surface area contributed by atoms with Gasteiger partial charge in [-0.3, -0.25) is 4.79 Å². The zero-order valence-corrected chi connectivity index (χ0v) is 13.7. The van der Waals surface area contributed by atoms with Gasteiger partial charge in [0.15, 0.2) is 9.84 Å². The van der Waals surface area contributed by atoms with Crippen LogP contribution in [0.4, 0.5) is 0 Å². The first kappa shape index (κ1) is 17.0. The highest BCUT2D eigenvalue weighted by Crippen LogP contribution is 2.30. The highest BCUT2D eigenvalue weighted by Gasteiger charge is 2.31. The topological polar surface area (TPSA) is 89.3 Å². The highest BCUT2D eigenvalue weighted by molar-refractivity contribution is 7.89. The fourth-order valence-electron chi connectivity index (χ4n) is 3.12. The third kappa shape index (κ3) is 4.81. The molecule has 22 heavy (non-hydrogen) atoms. The van der Waals surface area contributed by atoms with Gasteiger partial charge >= 0.3 is 0 Å². The molecule has 0 aliphatic heterocycles. The number of rotatable bonds is 6. The second-order valence-electron chi connectivity index (χ2n) is 6.14. The van der Waals surface area contributed by atoms with Crippen LogP contribution in [0.25, 0.3) is 0 Å². The van der Waals surface area contributed by atoms with E-state index in [4.69, 9.17) is 5.73 Å². The molecule has 0 spiro atoms. The molecule has 1 fully saturated rings. The SMILES string of the molecule is CS(=O)(=O)Cc1cccc(CNC(=O)[C@@H]2CCC[C@@H]2CN)c1. The molecule has 2 atom stereocenters. The molecule has 0 aromatic heterocycles. The van der Waals surface area contributed by atoms with Gasteiger partial charge in [-0.2, -0.15) is 0 Å². The van der Waals surface area contributed by atoms with Crippen molar-refractivity contribution in [2.24, 2.45) is 17.6 Å². The van der Waals surface area contributed by atoms with E-state index in [1.807, 2.05) is 18.2 Å². The van der Waals surface area contributed by atoms with E-state index >= 15 is 0 Å². The number of sulfone groups is 1. The van der Waals surface area contributed by atoms with Crippen LogP contribution in [-0.2, 0) is 26.9 Å². The van der Waals surface area contributed by atoms with Crippen molar-refractivity contribution in [1.29, 1.82) is 0 Å². The van der Waals surface area contributed by atoms with Crippen LogP contribution in [0.2, 0.25) is 0 Å². The standard InChI is InChI=1S/C16H24N2O3S/c1-22(20,21)11-13-5-2-4-12(8-13)10-18-16(19)15-7-3-6-14(15)9-17/h2,4-5,8,14-15H,3,6-7,9-11,17H2,1H3,(H,18,19)/t14-,15-/m1/s1. The minimum atomic E-state index is -3.05. The van der Waals surface area contributed by atoms with Crippen molar-refractivity contribution in [3.8, 4) is 0 Å². The van der Waals surface area contributed by atoms with Crippen LogP contribution < -0.4 is 11.1 Å². The zero-order chi connectivity index (χ0) is 16.2. The molecule has 122 valence electrons. The first-order valence-electron chi connectivity index (χ1n) is 7.62. The number of hydrogen-bond acceptors (Lipinski definition) is 4. The van der Waals surface area contributed by atoms with Crippen molar-refractivity contribution >= 4 is 15.7 Å². The molecule has 0 unspecified atom stereocenters. The van der Waals surface area contributed by atoms with Gasteiger partial charge in [0.25, 0.3) is 0 Å². The maximum Gasteiger partial charge on any atom is 0.223 e. The summed E-state index contributed by atoms with van der Waals surface area (Å²) in [5, 5.41) is 2.95. The summed E-state index contributed by atoms with van der Waals surface area (Å²) < 4.78 is 22.7. The van der Waals surface area contributed by atoms with Crippen LogP contribution in [0, 0.1) is 11.8 Å². The lowest BCUT2D eigenvalue weighted by molar-refractivity contribution is -0.126. The number of nitrogens with one attached hydrogen (secondary N) is 1. The van der Waals surface area contributed by atoms with E-state index in [0.29, 0.717) is 13.1 Å². The number of carbonyl (C=O) groups is 1. The first-order chi connectivity index (χ1) is 10.4. The molecule has 3 N–H and O–H groups in total. The number of amides is 1. The minimum absolute atomic E-state index is 0.0178. The monoisotopic (exact) mass is 324 g/mol. The molecule has 6 heteroatoms. The summed E-state index contributed by atoms with van der Waals surface area (Å²) in [5.74, 6) is 0.384. The molecule has 1 amide bonds. The molecule has 0 bridgehead atoms. The molecule has 1 aliphatic rings. The summed E-state index contributed by atoms with van der Waals surface area (Å²) in [6.45, 7) is 0.978. The molecular weight excluding hydrogens is 300 g/mol. The Labute approximate surface area is 132 Å². The molecule has 0 radical (unpaired) electrons. The predicted octanol–water partition coefficient (Wildman–Crippen LogP) is 1.22. The molecule has 1 saturated carbocycles. The quantitative estimate of drug-likeness (QED) is 0.823. The molecule has 1 aromatic rings. The number of carbonyl (C=O) groups excluding carboxylic acids is 1. The molecule has 1 aliphatic carbocycles. The third-order valence-corrected chi connectivity index (χ3v) is 5.04. The second kappa shape index (κ2) is 7.24. The van der Waals surface area contributed by atoms with Gasteiger partial charge in [0.2, 0.25) is 5.91 Å². The van der Waals surface area contributed by atoms with Gasteiger partial charge in [-0.15, -0.1) is 0 Å². The molecule has 0 heterocycles. The van der Waals surface area contributed by atoms with Crippen molar-refractivity contribution in [3.05, 3.63) is 35.4 Å². The zero-order valence-electron chi connectivity index (χ0n) is 12.9. The second-order valence-corrected chi connectivity index (χ2v) is 8.28. The summed E-state index contributed by atoms with van der Waals surface area (Å²) in [4.78, 5) is 12.2. The third-order valence-electron chi connectivity index (χ3n) is 4.19. The lowest BCUT2D eigenvalue weighted by Gasteiger charge is -2.17. The van der Waals surface area contributed by atoms with Crippen LogP contribution >= 0.6 is 0 Å². The summed E-state index contributed by atoms with van der Waals surface area (Å²) >= 11 is 0. The lowest BCUT2D eigenvalue weighted by Crippen LogP contribution is -2.34. The molecule has 2 rings (SSSR count). The molecule has 0 saturated heterocycles. The average Bonchev–Trinajstić information content (AvgIpc) is 2.92.